The molecule has 1 aliphatic rings. The van der Waals surface area contributed by atoms with Gasteiger partial charge >= 0.3 is 0 Å². The van der Waals surface area contributed by atoms with Gasteiger partial charge in [0, 0.05) is 18.4 Å². The van der Waals surface area contributed by atoms with Crippen molar-refractivity contribution in [2.45, 2.75) is 40.2 Å². The van der Waals surface area contributed by atoms with E-state index in [-0.39, 0.29) is 23.8 Å². The van der Waals surface area contributed by atoms with Crippen LogP contribution >= 0.6 is 0 Å². The van der Waals surface area contributed by atoms with Crippen molar-refractivity contribution >= 4 is 5.91 Å². The van der Waals surface area contributed by atoms with Crippen molar-refractivity contribution in [2.24, 2.45) is 0 Å². The number of carbonyl (C=O) groups is 1. The number of benzene rings is 1. The minimum absolute atomic E-state index is 0.180. The molecular formula is C23H26N4O4. The topological polar surface area (TPSA) is 98.2 Å². The van der Waals surface area contributed by atoms with Gasteiger partial charge in [0.2, 0.25) is 6.79 Å². The second kappa shape index (κ2) is 8.67. The molecule has 8 nitrogen and oxygen atoms in total. The monoisotopic (exact) mass is 422 g/mol. The first kappa shape index (κ1) is 20.7. The number of ether oxygens (including phenoxy) is 2. The molecule has 0 saturated carbocycles. The number of nitrogens with zero attached hydrogens (tertiary/aromatic N) is 2. The largest absolute Gasteiger partial charge is 0.454 e. The Labute approximate surface area is 180 Å². The number of nitrogens with one attached hydrogen (secondary N) is 2. The average Bonchev–Trinajstić information content (AvgIpc) is 3.34. The molecule has 162 valence electrons. The maximum absolute atomic E-state index is 13.0. The van der Waals surface area contributed by atoms with Gasteiger partial charge in [-0.3, -0.25) is 14.7 Å². The van der Waals surface area contributed by atoms with Crippen LogP contribution < -0.4 is 20.3 Å². The summed E-state index contributed by atoms with van der Waals surface area (Å²) in [6, 6.07) is 7.36. The number of aromatic nitrogens is 3. The first-order chi connectivity index (χ1) is 14.9. The highest BCUT2D eigenvalue weighted by Crippen LogP contribution is 2.32. The van der Waals surface area contributed by atoms with E-state index in [4.69, 9.17) is 9.47 Å². The molecule has 0 unspecified atom stereocenters. The molecule has 0 aliphatic carbocycles. The minimum atomic E-state index is -0.344. The number of aromatic amines is 1. The zero-order valence-corrected chi connectivity index (χ0v) is 17.9. The first-order valence-corrected chi connectivity index (χ1v) is 10.3. The number of carbonyl (C=O) groups excluding carboxylic acids is 1. The molecule has 0 atom stereocenters. The molecule has 1 aliphatic heterocycles. The van der Waals surface area contributed by atoms with Crippen LogP contribution in [0, 0.1) is 20.8 Å². The van der Waals surface area contributed by atoms with Crippen molar-refractivity contribution in [3.63, 3.8) is 0 Å². The van der Waals surface area contributed by atoms with Crippen LogP contribution in [0.3, 0.4) is 0 Å². The summed E-state index contributed by atoms with van der Waals surface area (Å²) in [7, 11) is 0. The number of fused-ring (bicyclic) bond motifs is 1. The molecule has 0 saturated heterocycles. The molecule has 0 fully saturated rings. The van der Waals surface area contributed by atoms with E-state index in [0.29, 0.717) is 30.2 Å². The minimum Gasteiger partial charge on any atom is -0.454 e. The third-order valence-corrected chi connectivity index (χ3v) is 5.56. The average molecular weight is 422 g/mol. The highest BCUT2D eigenvalue weighted by molar-refractivity contribution is 5.95. The normalized spacial score (nSPS) is 12.2. The highest BCUT2D eigenvalue weighted by atomic mass is 16.7. The highest BCUT2D eigenvalue weighted by Gasteiger charge is 2.17. The maximum atomic E-state index is 13.0. The van der Waals surface area contributed by atoms with E-state index in [1.165, 1.54) is 10.1 Å². The number of amides is 1. The number of H-pyrrole nitrogens is 1. The summed E-state index contributed by atoms with van der Waals surface area (Å²) in [6.45, 7) is 6.76. The van der Waals surface area contributed by atoms with Crippen LogP contribution in [0.15, 0.2) is 35.3 Å². The molecule has 0 bridgehead atoms. The van der Waals surface area contributed by atoms with E-state index in [0.717, 1.165) is 29.8 Å². The third kappa shape index (κ3) is 4.33. The Morgan fingerprint density at radius 2 is 2.00 bits per heavy atom. The molecule has 3 heterocycles. The Morgan fingerprint density at radius 1 is 1.19 bits per heavy atom. The molecule has 2 N–H and O–H groups in total. The molecule has 3 aromatic rings. The van der Waals surface area contributed by atoms with Crippen molar-refractivity contribution in [3.05, 3.63) is 74.5 Å². The smallest absolute Gasteiger partial charge is 0.263 e. The number of pyridine rings is 1. The van der Waals surface area contributed by atoms with Gasteiger partial charge in [0.05, 0.1) is 12.2 Å². The van der Waals surface area contributed by atoms with E-state index < -0.39 is 0 Å². The van der Waals surface area contributed by atoms with Crippen LogP contribution in [-0.4, -0.2) is 34.0 Å². The Kier molecular flexibility index (Phi) is 5.79. The summed E-state index contributed by atoms with van der Waals surface area (Å²) in [5, 5.41) is 10.1. The molecule has 0 radical (unpaired) electrons. The molecule has 31 heavy (non-hydrogen) atoms. The summed E-state index contributed by atoms with van der Waals surface area (Å²) >= 11 is 0. The predicted octanol–water partition coefficient (Wildman–Crippen LogP) is 2.64. The lowest BCUT2D eigenvalue weighted by molar-refractivity contribution is 0.0950. The van der Waals surface area contributed by atoms with Gasteiger partial charge in [0.15, 0.2) is 11.5 Å². The quantitative estimate of drug-likeness (QED) is 0.571. The third-order valence-electron chi connectivity index (χ3n) is 5.56. The van der Waals surface area contributed by atoms with Crippen molar-refractivity contribution in [3.8, 4) is 11.5 Å². The Balaban J connectivity index is 1.43. The second-order valence-corrected chi connectivity index (χ2v) is 7.77. The molecule has 0 spiro atoms. The van der Waals surface area contributed by atoms with E-state index in [2.05, 4.69) is 15.5 Å². The fraction of sp³-hybridized carbons (Fsp3) is 0.348. The van der Waals surface area contributed by atoms with Gasteiger partial charge in [-0.1, -0.05) is 6.07 Å². The van der Waals surface area contributed by atoms with Crippen molar-refractivity contribution in [1.82, 2.24) is 20.1 Å². The van der Waals surface area contributed by atoms with Gasteiger partial charge in [-0.05, 0) is 68.5 Å². The van der Waals surface area contributed by atoms with Crippen LogP contribution in [-0.2, 0) is 13.0 Å². The molecule has 8 heteroatoms. The number of rotatable bonds is 7. The lowest BCUT2D eigenvalue weighted by atomic mass is 10.1. The predicted molar refractivity (Wildman–Crippen MR) is 116 cm³/mol. The Morgan fingerprint density at radius 3 is 2.77 bits per heavy atom. The van der Waals surface area contributed by atoms with Crippen LogP contribution in [0.1, 0.15) is 44.9 Å². The molecule has 1 aromatic carbocycles. The van der Waals surface area contributed by atoms with Gasteiger partial charge in [-0.2, -0.15) is 5.10 Å². The fourth-order valence-electron chi connectivity index (χ4n) is 3.80. The second-order valence-electron chi connectivity index (χ2n) is 7.77. The lowest BCUT2D eigenvalue weighted by Gasteiger charge is -2.12. The van der Waals surface area contributed by atoms with Crippen molar-refractivity contribution < 1.29 is 14.3 Å². The Bertz CT molecular complexity index is 1160. The summed E-state index contributed by atoms with van der Waals surface area (Å²) < 4.78 is 12.3. The summed E-state index contributed by atoms with van der Waals surface area (Å²) in [6.07, 6.45) is 3.30. The van der Waals surface area contributed by atoms with Gasteiger partial charge in [-0.25, -0.2) is 0 Å². The number of hydrogen-bond donors (Lipinski definition) is 2. The zero-order chi connectivity index (χ0) is 22.0. The van der Waals surface area contributed by atoms with Crippen molar-refractivity contribution in [1.29, 1.82) is 0 Å². The molecular weight excluding hydrogens is 396 g/mol. The van der Waals surface area contributed by atoms with E-state index in [1.54, 1.807) is 19.2 Å². The SMILES string of the molecule is Cc1ccn(Cc2ccc3c(c2)OCO3)c(=O)c1C(=O)NCCCc1c(C)n[nH]c1C. The van der Waals surface area contributed by atoms with E-state index in [9.17, 15) is 9.59 Å². The standard InChI is InChI=1S/C23H26N4O4/c1-14-8-10-27(12-17-6-7-19-20(11-17)31-13-30-19)23(29)21(14)22(28)24-9-4-5-18-15(2)25-26-16(18)3/h6-8,10-11H,4-5,9,12-13H2,1-3H3,(H,24,28)(H,25,26). The maximum Gasteiger partial charge on any atom is 0.263 e. The summed E-state index contributed by atoms with van der Waals surface area (Å²) in [5.41, 5.74) is 4.63. The lowest BCUT2D eigenvalue weighted by Crippen LogP contribution is -2.34. The van der Waals surface area contributed by atoms with Crippen LogP contribution in [0.2, 0.25) is 0 Å². The van der Waals surface area contributed by atoms with Crippen LogP contribution in [0.25, 0.3) is 0 Å². The Hall–Kier alpha value is -3.55. The van der Waals surface area contributed by atoms with E-state index >= 15 is 0 Å². The summed E-state index contributed by atoms with van der Waals surface area (Å²) in [4.78, 5) is 25.8. The molecule has 4 rings (SSSR count). The van der Waals surface area contributed by atoms with Crippen LogP contribution in [0.4, 0.5) is 0 Å². The van der Waals surface area contributed by atoms with Gasteiger partial charge in [0.1, 0.15) is 5.56 Å². The molecule has 2 aromatic heterocycles. The summed E-state index contributed by atoms with van der Waals surface area (Å²) in [5.74, 6) is 1.02. The van der Waals surface area contributed by atoms with Gasteiger partial charge in [0.25, 0.3) is 11.5 Å². The number of aryl methyl sites for hydroxylation is 3. The van der Waals surface area contributed by atoms with Gasteiger partial charge in [-0.15, -0.1) is 0 Å². The van der Waals surface area contributed by atoms with E-state index in [1.807, 2.05) is 32.0 Å². The zero-order valence-electron chi connectivity index (χ0n) is 17.9. The van der Waals surface area contributed by atoms with Gasteiger partial charge < -0.3 is 19.4 Å². The van der Waals surface area contributed by atoms with Crippen molar-refractivity contribution in [2.75, 3.05) is 13.3 Å². The molecule has 1 amide bonds. The first-order valence-electron chi connectivity index (χ1n) is 10.3. The van der Waals surface area contributed by atoms with Crippen LogP contribution in [0.5, 0.6) is 11.5 Å². The number of hydrogen-bond acceptors (Lipinski definition) is 5. The fourth-order valence-corrected chi connectivity index (χ4v) is 3.80.